The van der Waals surface area contributed by atoms with E-state index in [2.05, 4.69) is 30.0 Å². The van der Waals surface area contributed by atoms with Crippen molar-refractivity contribution in [1.82, 2.24) is 19.4 Å². The molecule has 3 aromatic rings. The minimum atomic E-state index is -3.79. The van der Waals surface area contributed by atoms with Crippen molar-refractivity contribution in [3.8, 4) is 0 Å². The lowest BCUT2D eigenvalue weighted by atomic mass is 10.2. The molecule has 11 nitrogen and oxygen atoms in total. The Labute approximate surface area is 197 Å². The summed E-state index contributed by atoms with van der Waals surface area (Å²) in [4.78, 5) is 8.45. The maximum absolute atomic E-state index is 11.8. The summed E-state index contributed by atoms with van der Waals surface area (Å²) < 4.78 is 51.1. The lowest BCUT2D eigenvalue weighted by Gasteiger charge is -2.12. The van der Waals surface area contributed by atoms with Gasteiger partial charge < -0.3 is 10.6 Å². The number of primary sulfonamides is 1. The lowest BCUT2D eigenvalue weighted by Crippen LogP contribution is -2.35. The van der Waals surface area contributed by atoms with Gasteiger partial charge in [-0.05, 0) is 42.0 Å². The van der Waals surface area contributed by atoms with E-state index in [-0.39, 0.29) is 29.0 Å². The van der Waals surface area contributed by atoms with Crippen LogP contribution in [-0.2, 0) is 26.8 Å². The average Bonchev–Trinajstić information content (AvgIpc) is 2.75. The highest BCUT2D eigenvalue weighted by Gasteiger charge is 2.10. The normalized spacial score (nSPS) is 11.8. The fourth-order valence-electron chi connectivity index (χ4n) is 2.69. The van der Waals surface area contributed by atoms with Gasteiger partial charge in [0.25, 0.3) is 10.2 Å². The minimum absolute atomic E-state index is 0.0138. The van der Waals surface area contributed by atoms with Crippen LogP contribution in [0.15, 0.2) is 59.6 Å². The van der Waals surface area contributed by atoms with Crippen LogP contribution in [0.5, 0.6) is 0 Å². The molecule has 0 atom stereocenters. The second kappa shape index (κ2) is 10.4. The summed E-state index contributed by atoms with van der Waals surface area (Å²) in [6.45, 7) is 2.08. The number of nitrogens with zero attached hydrogens (tertiary/aromatic N) is 2. The van der Waals surface area contributed by atoms with Gasteiger partial charge in [0.05, 0.1) is 11.1 Å². The molecule has 0 aliphatic carbocycles. The predicted molar refractivity (Wildman–Crippen MR) is 127 cm³/mol. The van der Waals surface area contributed by atoms with Crippen molar-refractivity contribution in [3.05, 3.63) is 65.3 Å². The summed E-state index contributed by atoms with van der Waals surface area (Å²) in [7, 11) is -7.35. The largest absolute Gasteiger partial charge is 0.339 e. The molecule has 0 saturated heterocycles. The maximum atomic E-state index is 11.8. The Balaban J connectivity index is 1.72. The lowest BCUT2D eigenvalue weighted by molar-refractivity contribution is 0.568. The predicted octanol–water partition coefficient (Wildman–Crippen LogP) is 2.21. The molecule has 1 aromatic heterocycles. The van der Waals surface area contributed by atoms with Gasteiger partial charge >= 0.3 is 0 Å². The smallest absolute Gasteiger partial charge is 0.277 e. The van der Waals surface area contributed by atoms with E-state index in [4.69, 9.17) is 16.7 Å². The van der Waals surface area contributed by atoms with E-state index in [1.54, 1.807) is 31.2 Å². The van der Waals surface area contributed by atoms with E-state index in [0.29, 0.717) is 17.2 Å². The minimum Gasteiger partial charge on any atom is -0.339 e. The van der Waals surface area contributed by atoms with Crippen molar-refractivity contribution >= 4 is 55.0 Å². The van der Waals surface area contributed by atoms with Gasteiger partial charge in [0.15, 0.2) is 5.82 Å². The van der Waals surface area contributed by atoms with Gasteiger partial charge in [-0.1, -0.05) is 30.7 Å². The Morgan fingerprint density at radius 3 is 2.36 bits per heavy atom. The molecule has 6 N–H and O–H groups in total. The average molecular weight is 512 g/mol. The molecule has 0 aliphatic heterocycles. The highest BCUT2D eigenvalue weighted by molar-refractivity contribution is 7.89. The molecule has 0 fully saturated rings. The first-order valence-corrected chi connectivity index (χ1v) is 13.0. The maximum Gasteiger partial charge on any atom is 0.277 e. The SMILES string of the molecule is CCNS(=O)(=O)NCc1cccc(Nc2nc(Nc3ccc(S(N)(=O)=O)cc3)ncc2Cl)c1. The van der Waals surface area contributed by atoms with Gasteiger partial charge in [0, 0.05) is 24.5 Å². The number of anilines is 4. The fraction of sp³-hybridized carbons (Fsp3) is 0.158. The molecule has 1 heterocycles. The van der Waals surface area contributed by atoms with E-state index in [1.165, 1.54) is 30.5 Å². The van der Waals surface area contributed by atoms with Crippen LogP contribution < -0.4 is 25.2 Å². The molecule has 0 aliphatic rings. The third-order valence-electron chi connectivity index (χ3n) is 4.17. The Kier molecular flexibility index (Phi) is 7.84. The van der Waals surface area contributed by atoms with Crippen LogP contribution in [0.4, 0.5) is 23.1 Å². The van der Waals surface area contributed by atoms with Crippen molar-refractivity contribution < 1.29 is 16.8 Å². The molecule has 2 aromatic carbocycles. The third kappa shape index (κ3) is 7.35. The topological polar surface area (TPSA) is 168 Å². The molecule has 14 heteroatoms. The number of aromatic nitrogens is 2. The summed E-state index contributed by atoms with van der Waals surface area (Å²) in [6.07, 6.45) is 1.41. The van der Waals surface area contributed by atoms with Gasteiger partial charge in [0.1, 0.15) is 5.02 Å². The van der Waals surface area contributed by atoms with Crippen LogP contribution >= 0.6 is 11.6 Å². The number of nitrogens with two attached hydrogens (primary N) is 1. The number of benzene rings is 2. The zero-order valence-corrected chi connectivity index (χ0v) is 19.8. The first-order chi connectivity index (χ1) is 15.6. The van der Waals surface area contributed by atoms with Crippen LogP contribution in [-0.4, -0.2) is 33.3 Å². The molecule has 0 saturated carbocycles. The summed E-state index contributed by atoms with van der Waals surface area (Å²) >= 11 is 6.22. The highest BCUT2D eigenvalue weighted by atomic mass is 35.5. The zero-order chi connectivity index (χ0) is 24.1. The van der Waals surface area contributed by atoms with Gasteiger partial charge in [-0.15, -0.1) is 0 Å². The summed E-state index contributed by atoms with van der Waals surface area (Å²) in [6, 6.07) is 12.9. The van der Waals surface area contributed by atoms with Crippen molar-refractivity contribution in [1.29, 1.82) is 0 Å². The van der Waals surface area contributed by atoms with Crippen LogP contribution in [0.25, 0.3) is 0 Å². The number of nitrogens with one attached hydrogen (secondary N) is 4. The van der Waals surface area contributed by atoms with Gasteiger partial charge in [-0.25, -0.2) is 23.3 Å². The first-order valence-electron chi connectivity index (χ1n) is 9.58. The van der Waals surface area contributed by atoms with Crippen molar-refractivity contribution in [2.45, 2.75) is 18.4 Å². The number of hydrogen-bond acceptors (Lipinski definition) is 8. The second-order valence-electron chi connectivity index (χ2n) is 6.73. The Morgan fingerprint density at radius 1 is 0.970 bits per heavy atom. The number of rotatable bonds is 10. The molecular formula is C19H22ClN7O4S2. The Bertz CT molecular complexity index is 1330. The molecule has 0 bridgehead atoms. The van der Waals surface area contributed by atoms with E-state index >= 15 is 0 Å². The van der Waals surface area contributed by atoms with Crippen LogP contribution in [0, 0.1) is 0 Å². The highest BCUT2D eigenvalue weighted by Crippen LogP contribution is 2.25. The second-order valence-corrected chi connectivity index (χ2v) is 10.3. The number of sulfonamides is 1. The Hall–Kier alpha value is -2.81. The molecule has 33 heavy (non-hydrogen) atoms. The van der Waals surface area contributed by atoms with Crippen LogP contribution in [0.2, 0.25) is 5.02 Å². The molecule has 176 valence electrons. The molecule has 3 rings (SSSR count). The van der Waals surface area contributed by atoms with Gasteiger partial charge in [-0.2, -0.15) is 18.1 Å². The molecular weight excluding hydrogens is 490 g/mol. The van der Waals surface area contributed by atoms with E-state index < -0.39 is 20.2 Å². The zero-order valence-electron chi connectivity index (χ0n) is 17.4. The third-order valence-corrected chi connectivity index (χ3v) is 6.57. The number of hydrogen-bond donors (Lipinski definition) is 5. The van der Waals surface area contributed by atoms with Crippen molar-refractivity contribution in [3.63, 3.8) is 0 Å². The molecule has 0 spiro atoms. The van der Waals surface area contributed by atoms with E-state index in [0.717, 1.165) is 5.56 Å². The quantitative estimate of drug-likeness (QED) is 0.276. The van der Waals surface area contributed by atoms with Gasteiger partial charge in [-0.3, -0.25) is 0 Å². The van der Waals surface area contributed by atoms with Crippen molar-refractivity contribution in [2.75, 3.05) is 17.2 Å². The molecule has 0 unspecified atom stereocenters. The van der Waals surface area contributed by atoms with E-state index in [9.17, 15) is 16.8 Å². The number of halogens is 1. The molecule has 0 radical (unpaired) electrons. The summed E-state index contributed by atoms with van der Waals surface area (Å²) in [5, 5.41) is 11.4. The summed E-state index contributed by atoms with van der Waals surface area (Å²) in [5.74, 6) is 0.542. The summed E-state index contributed by atoms with van der Waals surface area (Å²) in [5.41, 5.74) is 1.91. The van der Waals surface area contributed by atoms with Crippen molar-refractivity contribution in [2.24, 2.45) is 5.14 Å². The van der Waals surface area contributed by atoms with Crippen LogP contribution in [0.1, 0.15) is 12.5 Å². The Morgan fingerprint density at radius 2 is 1.70 bits per heavy atom. The van der Waals surface area contributed by atoms with E-state index in [1.807, 2.05) is 0 Å². The molecule has 0 amide bonds. The first kappa shape index (κ1) is 24.8. The fourth-order valence-corrected chi connectivity index (χ4v) is 4.18. The monoisotopic (exact) mass is 511 g/mol. The van der Waals surface area contributed by atoms with Gasteiger partial charge in [0.2, 0.25) is 16.0 Å². The van der Waals surface area contributed by atoms with Crippen LogP contribution in [0.3, 0.4) is 0 Å². The standard InChI is InChI=1S/C19H22ClN7O4S2/c1-2-23-33(30,31)24-11-13-4-3-5-15(10-13)25-18-17(20)12-22-19(27-18)26-14-6-8-16(9-7-14)32(21,28)29/h3-10,12,23-24H,2,11H2,1H3,(H2,21,28,29)(H2,22,25,26,27).